The number of aryl methyl sites for hydroxylation is 3. The first kappa shape index (κ1) is 17.4. The lowest BCUT2D eigenvalue weighted by atomic mass is 10.2. The van der Waals surface area contributed by atoms with Crippen LogP contribution in [0.15, 0.2) is 48.5 Å². The van der Waals surface area contributed by atoms with Gasteiger partial charge in [0.25, 0.3) is 0 Å². The molecular formula is C20H20N4O2. The van der Waals surface area contributed by atoms with E-state index in [1.54, 1.807) is 30.3 Å². The molecule has 0 saturated carbocycles. The molecule has 6 nitrogen and oxygen atoms in total. The van der Waals surface area contributed by atoms with Crippen LogP contribution in [0, 0.1) is 20.8 Å². The zero-order chi connectivity index (χ0) is 18.7. The van der Waals surface area contributed by atoms with E-state index in [0.717, 1.165) is 28.3 Å². The summed E-state index contributed by atoms with van der Waals surface area (Å²) in [5.74, 6) is -0.723. The number of aromatic amines is 1. The molecule has 0 aliphatic heterocycles. The maximum atomic E-state index is 12.1. The van der Waals surface area contributed by atoms with Gasteiger partial charge in [0.15, 0.2) is 0 Å². The summed E-state index contributed by atoms with van der Waals surface area (Å²) in [6, 6.07) is 14.4. The third-order valence-corrected chi connectivity index (χ3v) is 4.04. The number of carbonyl (C=O) groups excluding carboxylic acids is 2. The van der Waals surface area contributed by atoms with Gasteiger partial charge < -0.3 is 15.6 Å². The first-order valence-electron chi connectivity index (χ1n) is 8.25. The molecule has 0 aliphatic rings. The fourth-order valence-electron chi connectivity index (χ4n) is 2.44. The Morgan fingerprint density at radius 2 is 1.54 bits per heavy atom. The van der Waals surface area contributed by atoms with Crippen LogP contribution in [-0.4, -0.2) is 21.8 Å². The van der Waals surface area contributed by atoms with Gasteiger partial charge in [-0.3, -0.25) is 9.59 Å². The van der Waals surface area contributed by atoms with Crippen LogP contribution in [-0.2, 0) is 9.59 Å². The number of hydrogen-bond acceptors (Lipinski definition) is 3. The number of carbonyl (C=O) groups is 2. The topological polar surface area (TPSA) is 86.9 Å². The summed E-state index contributed by atoms with van der Waals surface area (Å²) in [5.41, 5.74) is 4.92. The minimum Gasteiger partial charge on any atom is -0.342 e. The summed E-state index contributed by atoms with van der Waals surface area (Å²) in [4.78, 5) is 31.9. The average Bonchev–Trinajstić information content (AvgIpc) is 2.96. The summed E-state index contributed by atoms with van der Waals surface area (Å²) in [5, 5.41) is 5.19. The van der Waals surface area contributed by atoms with Gasteiger partial charge >= 0.3 is 11.8 Å². The van der Waals surface area contributed by atoms with E-state index in [0.29, 0.717) is 11.4 Å². The molecule has 0 atom stereocenters. The molecule has 2 amide bonds. The van der Waals surface area contributed by atoms with Crippen LogP contribution in [0.1, 0.15) is 17.0 Å². The first-order chi connectivity index (χ1) is 12.4. The smallest absolute Gasteiger partial charge is 0.314 e. The largest absolute Gasteiger partial charge is 0.342 e. The fourth-order valence-corrected chi connectivity index (χ4v) is 2.44. The Morgan fingerprint density at radius 1 is 0.885 bits per heavy atom. The molecule has 3 rings (SSSR count). The Bertz CT molecular complexity index is 939. The van der Waals surface area contributed by atoms with Crippen LogP contribution in [0.2, 0.25) is 0 Å². The SMILES string of the molecule is Cc1ccc(NC(=O)C(=O)Nc2cccc(-c3nc(C)c(C)[nH]3)c2)cc1. The second-order valence-corrected chi connectivity index (χ2v) is 6.15. The first-order valence-corrected chi connectivity index (χ1v) is 8.25. The number of nitrogens with one attached hydrogen (secondary N) is 3. The molecule has 6 heteroatoms. The van der Waals surface area contributed by atoms with Crippen molar-refractivity contribution in [3.63, 3.8) is 0 Å². The van der Waals surface area contributed by atoms with Crippen LogP contribution in [0.4, 0.5) is 11.4 Å². The monoisotopic (exact) mass is 348 g/mol. The summed E-state index contributed by atoms with van der Waals surface area (Å²) in [6.45, 7) is 5.83. The number of amides is 2. The number of hydrogen-bond donors (Lipinski definition) is 3. The van der Waals surface area contributed by atoms with Crippen LogP contribution in [0.3, 0.4) is 0 Å². The maximum absolute atomic E-state index is 12.1. The van der Waals surface area contributed by atoms with Crippen molar-refractivity contribution in [2.45, 2.75) is 20.8 Å². The number of benzene rings is 2. The Balaban J connectivity index is 1.70. The Labute approximate surface area is 151 Å². The van der Waals surface area contributed by atoms with Crippen molar-refractivity contribution in [1.29, 1.82) is 0 Å². The van der Waals surface area contributed by atoms with E-state index in [1.165, 1.54) is 0 Å². The van der Waals surface area contributed by atoms with Crippen molar-refractivity contribution in [3.8, 4) is 11.4 Å². The molecule has 0 spiro atoms. The zero-order valence-electron chi connectivity index (χ0n) is 14.9. The third kappa shape index (κ3) is 3.97. The van der Waals surface area contributed by atoms with Crippen molar-refractivity contribution >= 4 is 23.2 Å². The van der Waals surface area contributed by atoms with Crippen LogP contribution >= 0.6 is 0 Å². The molecule has 0 saturated heterocycles. The summed E-state index contributed by atoms with van der Waals surface area (Å²) < 4.78 is 0. The quantitative estimate of drug-likeness (QED) is 0.632. The van der Waals surface area contributed by atoms with Gasteiger partial charge in [-0.25, -0.2) is 4.98 Å². The van der Waals surface area contributed by atoms with Gasteiger partial charge in [0, 0.05) is 22.6 Å². The molecule has 26 heavy (non-hydrogen) atoms. The molecule has 0 bridgehead atoms. The maximum Gasteiger partial charge on any atom is 0.314 e. The van der Waals surface area contributed by atoms with Gasteiger partial charge in [0.1, 0.15) is 5.82 Å². The fraction of sp³-hybridized carbons (Fsp3) is 0.150. The van der Waals surface area contributed by atoms with Crippen molar-refractivity contribution in [2.75, 3.05) is 10.6 Å². The number of rotatable bonds is 3. The van der Waals surface area contributed by atoms with E-state index < -0.39 is 11.8 Å². The molecule has 3 N–H and O–H groups in total. The normalized spacial score (nSPS) is 10.4. The highest BCUT2D eigenvalue weighted by molar-refractivity contribution is 6.43. The number of H-pyrrole nitrogens is 1. The van der Waals surface area contributed by atoms with Crippen molar-refractivity contribution in [3.05, 3.63) is 65.5 Å². The predicted octanol–water partition coefficient (Wildman–Crippen LogP) is 3.58. The molecule has 0 fully saturated rings. The Kier molecular flexibility index (Phi) is 4.84. The average molecular weight is 348 g/mol. The van der Waals surface area contributed by atoms with Gasteiger partial charge in [-0.05, 0) is 45.0 Å². The molecule has 1 heterocycles. The molecule has 2 aromatic carbocycles. The van der Waals surface area contributed by atoms with Crippen LogP contribution < -0.4 is 10.6 Å². The molecule has 0 radical (unpaired) electrons. The van der Waals surface area contributed by atoms with Crippen LogP contribution in [0.5, 0.6) is 0 Å². The lowest BCUT2D eigenvalue weighted by Gasteiger charge is -2.08. The number of aromatic nitrogens is 2. The van der Waals surface area contributed by atoms with E-state index in [1.807, 2.05) is 39.0 Å². The van der Waals surface area contributed by atoms with Crippen molar-refractivity contribution < 1.29 is 9.59 Å². The minimum absolute atomic E-state index is 0.526. The van der Waals surface area contributed by atoms with Gasteiger partial charge in [-0.15, -0.1) is 0 Å². The second kappa shape index (κ2) is 7.23. The Morgan fingerprint density at radius 3 is 2.15 bits per heavy atom. The number of nitrogens with zero attached hydrogens (tertiary/aromatic N) is 1. The van der Waals surface area contributed by atoms with E-state index >= 15 is 0 Å². The summed E-state index contributed by atoms with van der Waals surface area (Å²) >= 11 is 0. The highest BCUT2D eigenvalue weighted by Crippen LogP contribution is 2.21. The molecule has 0 unspecified atom stereocenters. The third-order valence-electron chi connectivity index (χ3n) is 4.04. The van der Waals surface area contributed by atoms with E-state index in [9.17, 15) is 9.59 Å². The van der Waals surface area contributed by atoms with Crippen molar-refractivity contribution in [2.24, 2.45) is 0 Å². The number of imidazole rings is 1. The Hall–Kier alpha value is -3.41. The summed E-state index contributed by atoms with van der Waals surface area (Å²) in [6.07, 6.45) is 0. The highest BCUT2D eigenvalue weighted by Gasteiger charge is 2.14. The molecule has 1 aromatic heterocycles. The molecule has 3 aromatic rings. The lowest BCUT2D eigenvalue weighted by molar-refractivity contribution is -0.132. The minimum atomic E-state index is -0.727. The van der Waals surface area contributed by atoms with E-state index in [4.69, 9.17) is 0 Å². The number of anilines is 2. The lowest BCUT2D eigenvalue weighted by Crippen LogP contribution is -2.29. The zero-order valence-corrected chi connectivity index (χ0v) is 14.9. The van der Waals surface area contributed by atoms with E-state index in [-0.39, 0.29) is 0 Å². The van der Waals surface area contributed by atoms with Crippen molar-refractivity contribution in [1.82, 2.24) is 9.97 Å². The standard InChI is InChI=1S/C20H20N4O2/c1-12-7-9-16(10-8-12)23-19(25)20(26)24-17-6-4-5-15(11-17)18-21-13(2)14(3)22-18/h4-11H,1-3H3,(H,21,22)(H,23,25)(H,24,26). The molecular weight excluding hydrogens is 328 g/mol. The molecule has 0 aliphatic carbocycles. The van der Waals surface area contributed by atoms with Gasteiger partial charge in [0.2, 0.25) is 0 Å². The van der Waals surface area contributed by atoms with Gasteiger partial charge in [-0.1, -0.05) is 29.8 Å². The predicted molar refractivity (Wildman–Crippen MR) is 102 cm³/mol. The molecule has 132 valence electrons. The second-order valence-electron chi connectivity index (χ2n) is 6.15. The van der Waals surface area contributed by atoms with Gasteiger partial charge in [0.05, 0.1) is 5.69 Å². The van der Waals surface area contributed by atoms with Gasteiger partial charge in [-0.2, -0.15) is 0 Å². The van der Waals surface area contributed by atoms with Crippen LogP contribution in [0.25, 0.3) is 11.4 Å². The summed E-state index contributed by atoms with van der Waals surface area (Å²) in [7, 11) is 0. The highest BCUT2D eigenvalue weighted by atomic mass is 16.2. The van der Waals surface area contributed by atoms with E-state index in [2.05, 4.69) is 20.6 Å².